The number of carbonyl (C=O) groups excluding carboxylic acids is 1. The van der Waals surface area contributed by atoms with Crippen molar-refractivity contribution in [2.75, 3.05) is 43.4 Å². The number of amides is 1. The standard InChI is InChI=1S/C32H42N8O3/c1-22-27(7-4-8-29(22)26-6-3-5-25(17-26)18-33)20-35-32-36-21-30(40(42)43)31(37-32)34-19-24-9-11-28(12-10-24)39-15-13-38(14-16-39)23(2)41/h3-8,17,21,24,28H,9-16,18-20,33H2,1-2H3,(H2,34,35,36,37). The summed E-state index contributed by atoms with van der Waals surface area (Å²) in [6.07, 6.45) is 5.58. The molecule has 0 spiro atoms. The van der Waals surface area contributed by atoms with Gasteiger partial charge in [-0.1, -0.05) is 36.4 Å². The van der Waals surface area contributed by atoms with E-state index in [2.05, 4.69) is 56.7 Å². The van der Waals surface area contributed by atoms with Crippen molar-refractivity contribution in [2.45, 2.75) is 58.7 Å². The van der Waals surface area contributed by atoms with Gasteiger partial charge in [0.1, 0.15) is 6.20 Å². The summed E-state index contributed by atoms with van der Waals surface area (Å²) in [5, 5.41) is 18.3. The fourth-order valence-corrected chi connectivity index (χ4v) is 6.31. The molecule has 1 saturated carbocycles. The molecule has 2 aliphatic rings. The molecule has 1 amide bonds. The van der Waals surface area contributed by atoms with Gasteiger partial charge in [-0.05, 0) is 72.4 Å². The van der Waals surface area contributed by atoms with Crippen LogP contribution in [0.4, 0.5) is 17.5 Å². The number of rotatable bonds is 10. The summed E-state index contributed by atoms with van der Waals surface area (Å²) in [6, 6.07) is 15.0. The third-order valence-corrected chi connectivity index (χ3v) is 8.97. The summed E-state index contributed by atoms with van der Waals surface area (Å²) in [4.78, 5) is 36.1. The van der Waals surface area contributed by atoms with Gasteiger partial charge in [-0.25, -0.2) is 4.98 Å². The molecule has 1 saturated heterocycles. The first-order valence-corrected chi connectivity index (χ1v) is 15.2. The zero-order valence-electron chi connectivity index (χ0n) is 25.1. The van der Waals surface area contributed by atoms with E-state index in [1.807, 2.05) is 23.1 Å². The van der Waals surface area contributed by atoms with Gasteiger partial charge < -0.3 is 21.3 Å². The Morgan fingerprint density at radius 1 is 1.07 bits per heavy atom. The molecule has 0 bridgehead atoms. The third kappa shape index (κ3) is 7.47. The van der Waals surface area contributed by atoms with Gasteiger partial charge in [-0.15, -0.1) is 0 Å². The van der Waals surface area contributed by atoms with Crippen LogP contribution in [0.5, 0.6) is 0 Å². The number of carbonyl (C=O) groups is 1. The second-order valence-corrected chi connectivity index (χ2v) is 11.6. The van der Waals surface area contributed by atoms with Crippen LogP contribution in [-0.2, 0) is 17.9 Å². The molecule has 11 nitrogen and oxygen atoms in total. The van der Waals surface area contributed by atoms with E-state index in [0.29, 0.717) is 37.5 Å². The van der Waals surface area contributed by atoms with Crippen molar-refractivity contribution in [3.63, 3.8) is 0 Å². The number of nitrogens with zero attached hydrogens (tertiary/aromatic N) is 5. The van der Waals surface area contributed by atoms with Crippen molar-refractivity contribution in [3.8, 4) is 11.1 Å². The topological polar surface area (TPSA) is 143 Å². The number of hydrogen-bond donors (Lipinski definition) is 3. The molecule has 4 N–H and O–H groups in total. The van der Waals surface area contributed by atoms with Gasteiger partial charge in [0.05, 0.1) is 4.92 Å². The molecule has 2 fully saturated rings. The first kappa shape index (κ1) is 30.4. The summed E-state index contributed by atoms with van der Waals surface area (Å²) in [7, 11) is 0. The number of hydrogen-bond acceptors (Lipinski definition) is 9. The minimum absolute atomic E-state index is 0.124. The number of anilines is 2. The summed E-state index contributed by atoms with van der Waals surface area (Å²) in [5.41, 5.74) is 11.3. The van der Waals surface area contributed by atoms with Crippen LogP contribution < -0.4 is 16.4 Å². The van der Waals surface area contributed by atoms with Gasteiger partial charge in [0.2, 0.25) is 17.7 Å². The average Bonchev–Trinajstić information content (AvgIpc) is 3.03. The van der Waals surface area contributed by atoms with E-state index in [1.54, 1.807) is 6.92 Å². The number of aromatic nitrogens is 2. The Labute approximate surface area is 253 Å². The van der Waals surface area contributed by atoms with Crippen molar-refractivity contribution >= 4 is 23.4 Å². The van der Waals surface area contributed by atoms with Crippen LogP contribution in [0.2, 0.25) is 0 Å². The summed E-state index contributed by atoms with van der Waals surface area (Å²) in [5.74, 6) is 1.16. The highest BCUT2D eigenvalue weighted by Crippen LogP contribution is 2.31. The van der Waals surface area contributed by atoms with Crippen LogP contribution >= 0.6 is 0 Å². The molecule has 2 aromatic carbocycles. The Hall–Kier alpha value is -4.09. The van der Waals surface area contributed by atoms with Crippen LogP contribution in [0, 0.1) is 23.0 Å². The van der Waals surface area contributed by atoms with Crippen LogP contribution in [0.25, 0.3) is 11.1 Å². The van der Waals surface area contributed by atoms with Gasteiger partial charge in [0, 0.05) is 58.8 Å². The Morgan fingerprint density at radius 3 is 2.51 bits per heavy atom. The molecule has 43 heavy (non-hydrogen) atoms. The van der Waals surface area contributed by atoms with Crippen LogP contribution in [0.1, 0.15) is 49.3 Å². The minimum atomic E-state index is -0.438. The molecule has 5 rings (SSSR count). The normalized spacial score (nSPS) is 19.2. The van der Waals surface area contributed by atoms with E-state index in [4.69, 9.17) is 5.73 Å². The number of benzene rings is 2. The Morgan fingerprint density at radius 2 is 1.81 bits per heavy atom. The number of nitro groups is 1. The van der Waals surface area contributed by atoms with Crippen LogP contribution in [0.15, 0.2) is 48.7 Å². The lowest BCUT2D eigenvalue weighted by Crippen LogP contribution is -2.52. The van der Waals surface area contributed by atoms with Crippen molar-refractivity contribution in [2.24, 2.45) is 11.7 Å². The van der Waals surface area contributed by atoms with E-state index in [0.717, 1.165) is 79.7 Å². The van der Waals surface area contributed by atoms with E-state index in [9.17, 15) is 14.9 Å². The van der Waals surface area contributed by atoms with Crippen molar-refractivity contribution in [3.05, 3.63) is 75.5 Å². The second-order valence-electron chi connectivity index (χ2n) is 11.6. The molecule has 0 atom stereocenters. The Balaban J connectivity index is 1.18. The van der Waals surface area contributed by atoms with Crippen molar-refractivity contribution in [1.82, 2.24) is 19.8 Å². The van der Waals surface area contributed by atoms with Gasteiger partial charge >= 0.3 is 5.69 Å². The summed E-state index contributed by atoms with van der Waals surface area (Å²) in [6.45, 7) is 8.80. The number of nitrogens with one attached hydrogen (secondary N) is 2. The maximum atomic E-state index is 11.7. The SMILES string of the molecule is CC(=O)N1CCN(C2CCC(CNc3nc(NCc4cccc(-c5cccc(CN)c5)c4C)ncc3[N+](=O)[O-])CC2)CC1. The smallest absolute Gasteiger partial charge is 0.329 e. The van der Waals surface area contributed by atoms with Gasteiger partial charge in [-0.3, -0.25) is 19.8 Å². The zero-order valence-corrected chi connectivity index (χ0v) is 25.1. The highest BCUT2D eigenvalue weighted by molar-refractivity contribution is 5.73. The predicted molar refractivity (Wildman–Crippen MR) is 169 cm³/mol. The number of nitrogens with two attached hydrogens (primary N) is 1. The lowest BCUT2D eigenvalue weighted by atomic mass is 9.85. The van der Waals surface area contributed by atoms with Crippen LogP contribution in [-0.4, -0.2) is 69.4 Å². The van der Waals surface area contributed by atoms with E-state index in [-0.39, 0.29) is 17.4 Å². The fourth-order valence-electron chi connectivity index (χ4n) is 6.31. The monoisotopic (exact) mass is 586 g/mol. The Bertz CT molecular complexity index is 1430. The third-order valence-electron chi connectivity index (χ3n) is 8.97. The van der Waals surface area contributed by atoms with Gasteiger partial charge in [0.25, 0.3) is 0 Å². The molecular weight excluding hydrogens is 544 g/mol. The largest absolute Gasteiger partial charge is 0.364 e. The predicted octanol–water partition coefficient (Wildman–Crippen LogP) is 4.57. The van der Waals surface area contributed by atoms with Gasteiger partial charge in [0.15, 0.2) is 0 Å². The zero-order chi connectivity index (χ0) is 30.3. The summed E-state index contributed by atoms with van der Waals surface area (Å²) >= 11 is 0. The second kappa shape index (κ2) is 13.9. The van der Waals surface area contributed by atoms with E-state index in [1.165, 1.54) is 6.20 Å². The van der Waals surface area contributed by atoms with E-state index >= 15 is 0 Å². The summed E-state index contributed by atoms with van der Waals surface area (Å²) < 4.78 is 0. The molecule has 1 aliphatic carbocycles. The lowest BCUT2D eigenvalue weighted by Gasteiger charge is -2.41. The molecule has 0 radical (unpaired) electrons. The molecule has 1 aromatic heterocycles. The molecule has 228 valence electrons. The first-order valence-electron chi connectivity index (χ1n) is 15.2. The van der Waals surface area contributed by atoms with Crippen molar-refractivity contribution < 1.29 is 9.72 Å². The minimum Gasteiger partial charge on any atom is -0.364 e. The molecule has 3 aromatic rings. The lowest BCUT2D eigenvalue weighted by molar-refractivity contribution is -0.384. The number of piperazine rings is 1. The molecule has 0 unspecified atom stereocenters. The molecule has 1 aliphatic heterocycles. The quantitative estimate of drug-likeness (QED) is 0.230. The van der Waals surface area contributed by atoms with E-state index < -0.39 is 4.92 Å². The molecular formula is C32H42N8O3. The van der Waals surface area contributed by atoms with Crippen molar-refractivity contribution in [1.29, 1.82) is 0 Å². The maximum Gasteiger partial charge on any atom is 0.329 e. The average molecular weight is 587 g/mol. The highest BCUT2D eigenvalue weighted by Gasteiger charge is 2.29. The maximum absolute atomic E-state index is 11.7. The first-order chi connectivity index (χ1) is 20.8. The molecule has 11 heteroatoms. The fraction of sp³-hybridized carbons (Fsp3) is 0.469. The Kier molecular flexibility index (Phi) is 9.83. The highest BCUT2D eigenvalue weighted by atomic mass is 16.6. The molecule has 2 heterocycles. The van der Waals surface area contributed by atoms with Gasteiger partial charge in [-0.2, -0.15) is 4.98 Å². The van der Waals surface area contributed by atoms with Crippen LogP contribution in [0.3, 0.4) is 0 Å².